The van der Waals surface area contributed by atoms with Crippen molar-refractivity contribution in [3.63, 3.8) is 0 Å². The Balaban J connectivity index is 1.93. The average Bonchev–Trinajstić information content (AvgIpc) is 2.51. The van der Waals surface area contributed by atoms with E-state index in [4.69, 9.17) is 19.9 Å². The monoisotopic (exact) mass is 289 g/mol. The fourth-order valence-electron chi connectivity index (χ4n) is 1.68. The normalized spacial score (nSPS) is 10.5. The Morgan fingerprint density at radius 2 is 1.76 bits per heavy atom. The Kier molecular flexibility index (Phi) is 5.93. The molecule has 1 aromatic carbocycles. The van der Waals surface area contributed by atoms with E-state index in [1.807, 2.05) is 30.3 Å². The van der Waals surface area contributed by atoms with Crippen LogP contribution in [0.2, 0.25) is 0 Å². The van der Waals surface area contributed by atoms with Crippen LogP contribution in [0.25, 0.3) is 11.4 Å². The summed E-state index contributed by atoms with van der Waals surface area (Å²) in [5.41, 5.74) is 6.68. The van der Waals surface area contributed by atoms with Crippen LogP contribution in [-0.4, -0.2) is 43.5 Å². The van der Waals surface area contributed by atoms with Gasteiger partial charge < -0.3 is 19.9 Å². The van der Waals surface area contributed by atoms with Gasteiger partial charge in [-0.05, 0) is 0 Å². The molecule has 2 rings (SSSR count). The van der Waals surface area contributed by atoms with Gasteiger partial charge in [0.1, 0.15) is 12.4 Å². The second-order valence-corrected chi connectivity index (χ2v) is 4.27. The van der Waals surface area contributed by atoms with Crippen LogP contribution < -0.4 is 10.5 Å². The van der Waals surface area contributed by atoms with E-state index in [1.165, 1.54) is 0 Å². The molecule has 1 heterocycles. The van der Waals surface area contributed by atoms with Gasteiger partial charge in [-0.3, -0.25) is 0 Å². The van der Waals surface area contributed by atoms with Gasteiger partial charge in [-0.25, -0.2) is 4.98 Å². The molecule has 0 atom stereocenters. The van der Waals surface area contributed by atoms with E-state index >= 15 is 0 Å². The van der Waals surface area contributed by atoms with Gasteiger partial charge in [-0.15, -0.1) is 0 Å². The first-order chi connectivity index (χ1) is 10.3. The topological polar surface area (TPSA) is 79.5 Å². The minimum absolute atomic E-state index is 0.374. The molecule has 2 N–H and O–H groups in total. The zero-order valence-electron chi connectivity index (χ0n) is 12.0. The number of nitrogens with two attached hydrogens (primary N) is 1. The maximum absolute atomic E-state index is 5.79. The van der Waals surface area contributed by atoms with E-state index in [-0.39, 0.29) is 0 Å². The van der Waals surface area contributed by atoms with Crippen molar-refractivity contribution in [3.8, 4) is 17.3 Å². The third-order valence-electron chi connectivity index (χ3n) is 2.66. The highest BCUT2D eigenvalue weighted by Crippen LogP contribution is 2.19. The fourth-order valence-corrected chi connectivity index (χ4v) is 1.68. The number of benzene rings is 1. The molecular weight excluding hydrogens is 270 g/mol. The highest BCUT2D eigenvalue weighted by atomic mass is 16.5. The molecule has 0 aliphatic heterocycles. The van der Waals surface area contributed by atoms with Crippen LogP contribution in [0.5, 0.6) is 5.88 Å². The molecule has 21 heavy (non-hydrogen) atoms. The van der Waals surface area contributed by atoms with Crippen LogP contribution in [0.4, 0.5) is 5.82 Å². The van der Waals surface area contributed by atoms with Gasteiger partial charge in [-0.2, -0.15) is 4.98 Å². The molecule has 0 amide bonds. The van der Waals surface area contributed by atoms with E-state index in [2.05, 4.69) is 9.97 Å². The standard InChI is InChI=1S/C15H19N3O3/c1-19-7-8-20-9-10-21-14-11-13(16)17-15(18-14)12-5-3-2-4-6-12/h2-6,11H,7-10H2,1H3,(H2,16,17,18). The first-order valence-corrected chi connectivity index (χ1v) is 6.69. The summed E-state index contributed by atoms with van der Waals surface area (Å²) in [6.45, 7) is 1.97. The van der Waals surface area contributed by atoms with Crippen molar-refractivity contribution in [3.05, 3.63) is 36.4 Å². The second-order valence-electron chi connectivity index (χ2n) is 4.27. The third-order valence-corrected chi connectivity index (χ3v) is 2.66. The molecule has 0 fully saturated rings. The molecule has 0 bridgehead atoms. The molecule has 2 aromatic rings. The molecule has 0 radical (unpaired) electrons. The molecule has 0 saturated heterocycles. The lowest BCUT2D eigenvalue weighted by molar-refractivity contribution is 0.0537. The minimum Gasteiger partial charge on any atom is -0.475 e. The highest BCUT2D eigenvalue weighted by Gasteiger charge is 2.06. The van der Waals surface area contributed by atoms with Gasteiger partial charge in [0.25, 0.3) is 0 Å². The molecule has 0 aliphatic rings. The Morgan fingerprint density at radius 3 is 2.52 bits per heavy atom. The largest absolute Gasteiger partial charge is 0.475 e. The van der Waals surface area contributed by atoms with Crippen molar-refractivity contribution in [2.75, 3.05) is 39.3 Å². The van der Waals surface area contributed by atoms with Gasteiger partial charge in [-0.1, -0.05) is 30.3 Å². The van der Waals surface area contributed by atoms with Crippen molar-refractivity contribution in [1.29, 1.82) is 0 Å². The lowest BCUT2D eigenvalue weighted by atomic mass is 10.2. The Morgan fingerprint density at radius 1 is 1.00 bits per heavy atom. The number of nitrogens with zero attached hydrogens (tertiary/aromatic N) is 2. The van der Waals surface area contributed by atoms with Crippen molar-refractivity contribution >= 4 is 5.82 Å². The van der Waals surface area contributed by atoms with Crippen LogP contribution in [0, 0.1) is 0 Å². The molecule has 1 aromatic heterocycles. The first-order valence-electron chi connectivity index (χ1n) is 6.69. The number of hydrogen-bond acceptors (Lipinski definition) is 6. The van der Waals surface area contributed by atoms with Crippen LogP contribution in [-0.2, 0) is 9.47 Å². The van der Waals surface area contributed by atoms with Gasteiger partial charge in [0.15, 0.2) is 5.82 Å². The van der Waals surface area contributed by atoms with Crippen LogP contribution >= 0.6 is 0 Å². The van der Waals surface area contributed by atoms with Crippen molar-refractivity contribution in [1.82, 2.24) is 9.97 Å². The van der Waals surface area contributed by atoms with E-state index in [0.717, 1.165) is 5.56 Å². The summed E-state index contributed by atoms with van der Waals surface area (Å²) >= 11 is 0. The zero-order chi connectivity index (χ0) is 14.9. The number of aromatic nitrogens is 2. The van der Waals surface area contributed by atoms with E-state index in [1.54, 1.807) is 13.2 Å². The molecule has 0 unspecified atom stereocenters. The van der Waals surface area contributed by atoms with E-state index in [0.29, 0.717) is 43.9 Å². The summed E-state index contributed by atoms with van der Waals surface area (Å²) in [5, 5.41) is 0. The summed E-state index contributed by atoms with van der Waals surface area (Å²) in [6.07, 6.45) is 0. The van der Waals surface area contributed by atoms with Crippen LogP contribution in [0.1, 0.15) is 0 Å². The number of anilines is 1. The number of rotatable bonds is 8. The Bertz CT molecular complexity index is 549. The second kappa shape index (κ2) is 8.18. The van der Waals surface area contributed by atoms with Crippen molar-refractivity contribution in [2.24, 2.45) is 0 Å². The summed E-state index contributed by atoms with van der Waals surface area (Å²) in [6, 6.07) is 11.2. The average molecular weight is 289 g/mol. The Labute approximate surface area is 123 Å². The summed E-state index contributed by atoms with van der Waals surface area (Å²) in [7, 11) is 1.63. The number of hydrogen-bond donors (Lipinski definition) is 1. The van der Waals surface area contributed by atoms with E-state index in [9.17, 15) is 0 Å². The van der Waals surface area contributed by atoms with Crippen molar-refractivity contribution in [2.45, 2.75) is 0 Å². The smallest absolute Gasteiger partial charge is 0.219 e. The Hall–Kier alpha value is -2.18. The predicted molar refractivity (Wildman–Crippen MR) is 80.1 cm³/mol. The van der Waals surface area contributed by atoms with Gasteiger partial charge in [0, 0.05) is 18.7 Å². The molecule has 0 saturated carbocycles. The SMILES string of the molecule is COCCOCCOc1cc(N)nc(-c2ccccc2)n1. The molecule has 0 aliphatic carbocycles. The third kappa shape index (κ3) is 5.02. The predicted octanol–water partition coefficient (Wildman–Crippen LogP) is 1.77. The number of ether oxygens (including phenoxy) is 3. The molecular formula is C15H19N3O3. The summed E-state index contributed by atoms with van der Waals surface area (Å²) in [5.74, 6) is 1.36. The molecule has 6 heteroatoms. The quantitative estimate of drug-likeness (QED) is 0.746. The van der Waals surface area contributed by atoms with Gasteiger partial charge in [0.2, 0.25) is 5.88 Å². The van der Waals surface area contributed by atoms with Crippen LogP contribution in [0.3, 0.4) is 0 Å². The first kappa shape index (κ1) is 15.2. The lowest BCUT2D eigenvalue weighted by Gasteiger charge is -2.08. The fraction of sp³-hybridized carbons (Fsp3) is 0.333. The summed E-state index contributed by atoms with van der Waals surface area (Å²) in [4.78, 5) is 8.56. The van der Waals surface area contributed by atoms with Crippen LogP contribution in [0.15, 0.2) is 36.4 Å². The zero-order valence-corrected chi connectivity index (χ0v) is 12.0. The number of methoxy groups -OCH3 is 1. The number of nitrogen functional groups attached to an aromatic ring is 1. The maximum atomic E-state index is 5.79. The molecule has 112 valence electrons. The highest BCUT2D eigenvalue weighted by molar-refractivity contribution is 5.57. The van der Waals surface area contributed by atoms with E-state index < -0.39 is 0 Å². The minimum atomic E-state index is 0.374. The lowest BCUT2D eigenvalue weighted by Crippen LogP contribution is -2.11. The molecule has 0 spiro atoms. The van der Waals surface area contributed by atoms with Gasteiger partial charge >= 0.3 is 0 Å². The summed E-state index contributed by atoms with van der Waals surface area (Å²) < 4.78 is 15.7. The molecule has 6 nitrogen and oxygen atoms in total. The van der Waals surface area contributed by atoms with Gasteiger partial charge in [0.05, 0.1) is 19.8 Å². The maximum Gasteiger partial charge on any atom is 0.219 e. The van der Waals surface area contributed by atoms with Crippen molar-refractivity contribution < 1.29 is 14.2 Å².